The molecule has 1 fully saturated rings. The fourth-order valence-corrected chi connectivity index (χ4v) is 3.98. The number of aromatic amines is 1. The van der Waals surface area contributed by atoms with Gasteiger partial charge in [0.25, 0.3) is 0 Å². The molecule has 0 aliphatic heterocycles. The number of benzene rings is 2. The fourth-order valence-electron chi connectivity index (χ4n) is 3.98. The standard InChI is InChI=1S/C23H22N4O3/c1-29-21-14-15(10-11-20(21)30-16-6-2-3-7-16)17-12-13-24-22(25-17)27-19-9-5-4-8-18(19)26-23(27)28/h4-5,8-14,16H,2-3,6-7H2,1H3,(H,26,28). The molecule has 0 spiro atoms. The number of imidazole rings is 1. The summed E-state index contributed by atoms with van der Waals surface area (Å²) in [5.41, 5.74) is 2.76. The zero-order valence-corrected chi connectivity index (χ0v) is 16.7. The Morgan fingerprint density at radius 3 is 2.73 bits per heavy atom. The molecule has 1 N–H and O–H groups in total. The van der Waals surface area contributed by atoms with E-state index in [4.69, 9.17) is 9.47 Å². The lowest BCUT2D eigenvalue weighted by atomic mass is 10.1. The minimum Gasteiger partial charge on any atom is -0.493 e. The van der Waals surface area contributed by atoms with Crippen LogP contribution in [0.3, 0.4) is 0 Å². The van der Waals surface area contributed by atoms with Crippen LogP contribution in [0.2, 0.25) is 0 Å². The Morgan fingerprint density at radius 2 is 1.90 bits per heavy atom. The topological polar surface area (TPSA) is 82.0 Å². The quantitative estimate of drug-likeness (QED) is 0.543. The first-order chi connectivity index (χ1) is 14.7. The van der Waals surface area contributed by atoms with Crippen molar-refractivity contribution in [3.8, 4) is 28.7 Å². The van der Waals surface area contributed by atoms with Crippen molar-refractivity contribution >= 4 is 11.0 Å². The molecule has 0 unspecified atom stereocenters. The number of H-pyrrole nitrogens is 1. The van der Waals surface area contributed by atoms with Crippen molar-refractivity contribution in [1.29, 1.82) is 0 Å². The molecule has 1 saturated carbocycles. The number of hydrogen-bond acceptors (Lipinski definition) is 5. The number of rotatable bonds is 5. The van der Waals surface area contributed by atoms with Gasteiger partial charge in [0.1, 0.15) is 0 Å². The van der Waals surface area contributed by atoms with Gasteiger partial charge in [0.2, 0.25) is 5.95 Å². The van der Waals surface area contributed by atoms with Crippen LogP contribution in [0.15, 0.2) is 59.5 Å². The molecule has 2 aromatic heterocycles. The van der Waals surface area contributed by atoms with E-state index >= 15 is 0 Å². The largest absolute Gasteiger partial charge is 0.493 e. The van der Waals surface area contributed by atoms with Gasteiger partial charge in [-0.1, -0.05) is 12.1 Å². The van der Waals surface area contributed by atoms with E-state index in [-0.39, 0.29) is 11.8 Å². The van der Waals surface area contributed by atoms with Crippen molar-refractivity contribution in [2.45, 2.75) is 31.8 Å². The van der Waals surface area contributed by atoms with Gasteiger partial charge in [0.05, 0.1) is 29.9 Å². The highest BCUT2D eigenvalue weighted by Crippen LogP contribution is 2.34. The highest BCUT2D eigenvalue weighted by Gasteiger charge is 2.19. The predicted molar refractivity (Wildman–Crippen MR) is 114 cm³/mol. The number of nitrogens with one attached hydrogen (secondary N) is 1. The predicted octanol–water partition coefficient (Wildman–Crippen LogP) is 4.11. The van der Waals surface area contributed by atoms with Crippen LogP contribution in [0.1, 0.15) is 25.7 Å². The molecule has 4 aromatic rings. The second kappa shape index (κ2) is 7.67. The van der Waals surface area contributed by atoms with Gasteiger partial charge < -0.3 is 14.5 Å². The van der Waals surface area contributed by atoms with Crippen LogP contribution in [-0.4, -0.2) is 32.7 Å². The lowest BCUT2D eigenvalue weighted by Gasteiger charge is -2.16. The highest BCUT2D eigenvalue weighted by atomic mass is 16.5. The Balaban J connectivity index is 1.52. The third-order valence-corrected chi connectivity index (χ3v) is 5.49. The number of para-hydroxylation sites is 2. The molecule has 2 heterocycles. The number of aromatic nitrogens is 4. The summed E-state index contributed by atoms with van der Waals surface area (Å²) < 4.78 is 13.2. The lowest BCUT2D eigenvalue weighted by Crippen LogP contribution is -2.17. The molecule has 152 valence electrons. The van der Waals surface area contributed by atoms with Gasteiger partial charge in [-0.05, 0) is 62.1 Å². The van der Waals surface area contributed by atoms with Crippen molar-refractivity contribution in [3.05, 3.63) is 65.2 Å². The van der Waals surface area contributed by atoms with Crippen LogP contribution in [0.5, 0.6) is 11.5 Å². The Labute approximate surface area is 173 Å². The summed E-state index contributed by atoms with van der Waals surface area (Å²) >= 11 is 0. The van der Waals surface area contributed by atoms with Gasteiger partial charge >= 0.3 is 5.69 Å². The average Bonchev–Trinajstić information content (AvgIpc) is 3.40. The first-order valence-corrected chi connectivity index (χ1v) is 10.1. The molecular weight excluding hydrogens is 380 g/mol. The molecule has 7 heteroatoms. The van der Waals surface area contributed by atoms with Crippen LogP contribution in [0, 0.1) is 0 Å². The van der Waals surface area contributed by atoms with E-state index < -0.39 is 0 Å². The zero-order valence-electron chi connectivity index (χ0n) is 16.7. The molecular formula is C23H22N4O3. The Morgan fingerprint density at radius 1 is 1.07 bits per heavy atom. The van der Waals surface area contributed by atoms with Gasteiger partial charge in [-0.3, -0.25) is 0 Å². The van der Waals surface area contributed by atoms with E-state index in [9.17, 15) is 4.79 Å². The molecule has 0 amide bonds. The normalized spacial score (nSPS) is 14.3. The first-order valence-electron chi connectivity index (χ1n) is 10.1. The molecule has 0 atom stereocenters. The zero-order chi connectivity index (χ0) is 20.5. The van der Waals surface area contributed by atoms with Gasteiger partial charge in [0, 0.05) is 11.8 Å². The summed E-state index contributed by atoms with van der Waals surface area (Å²) in [7, 11) is 1.64. The van der Waals surface area contributed by atoms with Crippen LogP contribution >= 0.6 is 0 Å². The maximum atomic E-state index is 12.5. The summed E-state index contributed by atoms with van der Waals surface area (Å²) in [5.74, 6) is 1.74. The maximum Gasteiger partial charge on any atom is 0.333 e. The van der Waals surface area contributed by atoms with Gasteiger partial charge in [0.15, 0.2) is 11.5 Å². The van der Waals surface area contributed by atoms with Crippen molar-refractivity contribution in [2.24, 2.45) is 0 Å². The number of nitrogens with zero attached hydrogens (tertiary/aromatic N) is 3. The third-order valence-electron chi connectivity index (χ3n) is 5.49. The Kier molecular flexibility index (Phi) is 4.71. The van der Waals surface area contributed by atoms with E-state index in [0.29, 0.717) is 17.4 Å². The SMILES string of the molecule is COc1cc(-c2ccnc(-n3c(=O)[nH]c4ccccc43)n2)ccc1OC1CCCC1. The summed E-state index contributed by atoms with van der Waals surface area (Å²) in [5, 5.41) is 0. The number of methoxy groups -OCH3 is 1. The maximum absolute atomic E-state index is 12.5. The molecule has 1 aliphatic rings. The van der Waals surface area contributed by atoms with Gasteiger partial charge in [-0.2, -0.15) is 0 Å². The molecule has 2 aromatic carbocycles. The van der Waals surface area contributed by atoms with E-state index in [1.807, 2.05) is 48.5 Å². The number of fused-ring (bicyclic) bond motifs is 1. The highest BCUT2D eigenvalue weighted by molar-refractivity contribution is 5.76. The molecule has 30 heavy (non-hydrogen) atoms. The molecule has 0 radical (unpaired) electrons. The Bertz CT molecular complexity index is 1250. The smallest absolute Gasteiger partial charge is 0.333 e. The molecule has 5 rings (SSSR count). The number of hydrogen-bond donors (Lipinski definition) is 1. The van der Waals surface area contributed by atoms with E-state index in [1.165, 1.54) is 17.4 Å². The van der Waals surface area contributed by atoms with Crippen LogP contribution in [0.4, 0.5) is 0 Å². The summed E-state index contributed by atoms with van der Waals surface area (Å²) in [6.45, 7) is 0. The van der Waals surface area contributed by atoms with E-state index in [0.717, 1.165) is 35.2 Å². The van der Waals surface area contributed by atoms with Crippen LogP contribution in [-0.2, 0) is 0 Å². The van der Waals surface area contributed by atoms with Crippen LogP contribution < -0.4 is 15.2 Å². The molecule has 0 bridgehead atoms. The average molecular weight is 402 g/mol. The van der Waals surface area contributed by atoms with Gasteiger partial charge in [-0.15, -0.1) is 0 Å². The molecule has 1 aliphatic carbocycles. The first kappa shape index (κ1) is 18.4. The lowest BCUT2D eigenvalue weighted by molar-refractivity contribution is 0.201. The second-order valence-electron chi connectivity index (χ2n) is 7.41. The van der Waals surface area contributed by atoms with Crippen molar-refractivity contribution in [1.82, 2.24) is 19.5 Å². The van der Waals surface area contributed by atoms with E-state index in [1.54, 1.807) is 13.3 Å². The minimum absolute atomic E-state index is 0.254. The Hall–Kier alpha value is -3.61. The number of ether oxygens (including phenoxy) is 2. The second-order valence-corrected chi connectivity index (χ2v) is 7.41. The summed E-state index contributed by atoms with van der Waals surface area (Å²) in [6.07, 6.45) is 6.49. The molecule has 7 nitrogen and oxygen atoms in total. The monoisotopic (exact) mass is 402 g/mol. The van der Waals surface area contributed by atoms with Gasteiger partial charge in [-0.25, -0.2) is 19.3 Å². The van der Waals surface area contributed by atoms with Crippen molar-refractivity contribution in [3.63, 3.8) is 0 Å². The third kappa shape index (κ3) is 3.32. The van der Waals surface area contributed by atoms with E-state index in [2.05, 4.69) is 15.0 Å². The summed E-state index contributed by atoms with van der Waals surface area (Å²) in [4.78, 5) is 24.3. The molecule has 0 saturated heterocycles. The fraction of sp³-hybridized carbons (Fsp3) is 0.261. The minimum atomic E-state index is -0.272. The van der Waals surface area contributed by atoms with Crippen molar-refractivity contribution in [2.75, 3.05) is 7.11 Å². The summed E-state index contributed by atoms with van der Waals surface area (Å²) in [6, 6.07) is 15.1. The van der Waals surface area contributed by atoms with Crippen LogP contribution in [0.25, 0.3) is 28.2 Å². The van der Waals surface area contributed by atoms with Crippen molar-refractivity contribution < 1.29 is 9.47 Å².